The van der Waals surface area contributed by atoms with Crippen molar-refractivity contribution in [3.63, 3.8) is 0 Å². The Balaban J connectivity index is 1.88. The van der Waals surface area contributed by atoms with Crippen molar-refractivity contribution in [3.8, 4) is 0 Å². The van der Waals surface area contributed by atoms with Crippen molar-refractivity contribution in [2.24, 2.45) is 5.92 Å². The maximum absolute atomic E-state index is 4.03. The highest BCUT2D eigenvalue weighted by molar-refractivity contribution is 5.41. The predicted octanol–water partition coefficient (Wildman–Crippen LogP) is 3.46. The van der Waals surface area contributed by atoms with Gasteiger partial charge in [-0.3, -0.25) is 4.98 Å². The summed E-state index contributed by atoms with van der Waals surface area (Å²) in [5.41, 5.74) is 1.20. The number of nitrogens with one attached hydrogen (secondary N) is 1. The van der Waals surface area contributed by atoms with Gasteiger partial charge in [-0.05, 0) is 37.8 Å². The van der Waals surface area contributed by atoms with Crippen molar-refractivity contribution in [2.75, 3.05) is 5.32 Å². The van der Waals surface area contributed by atoms with E-state index in [9.17, 15) is 0 Å². The third-order valence-electron chi connectivity index (χ3n) is 3.43. The van der Waals surface area contributed by atoms with Crippen LogP contribution in [0.15, 0.2) is 24.5 Å². The predicted molar refractivity (Wildman–Crippen MR) is 63.9 cm³/mol. The fraction of sp³-hybridized carbons (Fsp3) is 0.615. The van der Waals surface area contributed by atoms with Gasteiger partial charge in [-0.15, -0.1) is 0 Å². The zero-order valence-corrected chi connectivity index (χ0v) is 9.45. The summed E-state index contributed by atoms with van der Waals surface area (Å²) in [4.78, 5) is 4.03. The molecule has 15 heavy (non-hydrogen) atoms. The van der Waals surface area contributed by atoms with E-state index in [2.05, 4.69) is 17.2 Å². The molecule has 0 aromatic carbocycles. The van der Waals surface area contributed by atoms with E-state index in [0.717, 1.165) is 5.92 Å². The molecule has 2 rings (SSSR count). The molecule has 1 aromatic heterocycles. The van der Waals surface area contributed by atoms with Crippen LogP contribution in [0.25, 0.3) is 0 Å². The molecule has 82 valence electrons. The van der Waals surface area contributed by atoms with Gasteiger partial charge in [-0.2, -0.15) is 0 Å². The number of hydrogen-bond acceptors (Lipinski definition) is 2. The van der Waals surface area contributed by atoms with Gasteiger partial charge >= 0.3 is 0 Å². The minimum Gasteiger partial charge on any atom is -0.382 e. The molecule has 0 saturated heterocycles. The molecule has 1 saturated carbocycles. The molecule has 1 aromatic rings. The molecular weight excluding hydrogens is 184 g/mol. The molecule has 2 heteroatoms. The third kappa shape index (κ3) is 2.95. The molecule has 1 aliphatic rings. The van der Waals surface area contributed by atoms with Crippen LogP contribution in [0.3, 0.4) is 0 Å². The second kappa shape index (κ2) is 5.15. The quantitative estimate of drug-likeness (QED) is 0.815. The SMILES string of the molecule is CC(Nc1ccncc1)C1CCCCC1. The largest absolute Gasteiger partial charge is 0.382 e. The normalized spacial score (nSPS) is 19.8. The summed E-state index contributed by atoms with van der Waals surface area (Å²) in [5.74, 6) is 0.854. The number of rotatable bonds is 3. The van der Waals surface area contributed by atoms with Crippen LogP contribution in [0.2, 0.25) is 0 Å². The number of anilines is 1. The van der Waals surface area contributed by atoms with Crippen molar-refractivity contribution < 1.29 is 0 Å². The molecule has 1 unspecified atom stereocenters. The van der Waals surface area contributed by atoms with E-state index < -0.39 is 0 Å². The van der Waals surface area contributed by atoms with E-state index in [1.807, 2.05) is 24.5 Å². The molecule has 2 nitrogen and oxygen atoms in total. The van der Waals surface area contributed by atoms with Crippen LogP contribution < -0.4 is 5.32 Å². The Morgan fingerprint density at radius 2 is 1.87 bits per heavy atom. The van der Waals surface area contributed by atoms with E-state index in [0.29, 0.717) is 6.04 Å². The number of hydrogen-bond donors (Lipinski definition) is 1. The molecule has 0 bridgehead atoms. The molecule has 1 fully saturated rings. The minimum absolute atomic E-state index is 0.590. The lowest BCUT2D eigenvalue weighted by atomic mass is 9.84. The number of pyridine rings is 1. The third-order valence-corrected chi connectivity index (χ3v) is 3.43. The summed E-state index contributed by atoms with van der Waals surface area (Å²) >= 11 is 0. The first-order chi connectivity index (χ1) is 7.36. The van der Waals surface area contributed by atoms with Gasteiger partial charge in [0.1, 0.15) is 0 Å². The Morgan fingerprint density at radius 3 is 2.53 bits per heavy atom. The summed E-state index contributed by atoms with van der Waals surface area (Å²) < 4.78 is 0. The first-order valence-corrected chi connectivity index (χ1v) is 6.03. The number of aromatic nitrogens is 1. The van der Waals surface area contributed by atoms with E-state index in [1.54, 1.807) is 0 Å². The van der Waals surface area contributed by atoms with Crippen molar-refractivity contribution in [1.82, 2.24) is 4.98 Å². The molecule has 0 aliphatic heterocycles. The van der Waals surface area contributed by atoms with Crippen LogP contribution >= 0.6 is 0 Å². The lowest BCUT2D eigenvalue weighted by Crippen LogP contribution is -2.27. The second-order valence-corrected chi connectivity index (χ2v) is 4.57. The first kappa shape index (κ1) is 10.5. The van der Waals surface area contributed by atoms with Crippen LogP contribution in [-0.2, 0) is 0 Å². The molecule has 0 spiro atoms. The van der Waals surface area contributed by atoms with Crippen LogP contribution in [-0.4, -0.2) is 11.0 Å². The van der Waals surface area contributed by atoms with Gasteiger partial charge in [0.25, 0.3) is 0 Å². The Labute approximate surface area is 92.1 Å². The van der Waals surface area contributed by atoms with Crippen LogP contribution in [0, 0.1) is 5.92 Å². The number of nitrogens with zero attached hydrogens (tertiary/aromatic N) is 1. The van der Waals surface area contributed by atoms with Crippen molar-refractivity contribution in [3.05, 3.63) is 24.5 Å². The Morgan fingerprint density at radius 1 is 1.20 bits per heavy atom. The van der Waals surface area contributed by atoms with Crippen LogP contribution in [0.4, 0.5) is 5.69 Å². The standard InChI is InChI=1S/C13H20N2/c1-11(12-5-3-2-4-6-12)15-13-7-9-14-10-8-13/h7-12H,2-6H2,1H3,(H,14,15). The van der Waals surface area contributed by atoms with Gasteiger partial charge in [0, 0.05) is 24.1 Å². The van der Waals surface area contributed by atoms with E-state index >= 15 is 0 Å². The van der Waals surface area contributed by atoms with Crippen LogP contribution in [0.5, 0.6) is 0 Å². The highest BCUT2D eigenvalue weighted by Crippen LogP contribution is 2.27. The zero-order valence-electron chi connectivity index (χ0n) is 9.45. The molecule has 1 heterocycles. The highest BCUT2D eigenvalue weighted by Gasteiger charge is 2.19. The molecule has 0 radical (unpaired) electrons. The van der Waals surface area contributed by atoms with Gasteiger partial charge in [-0.25, -0.2) is 0 Å². The van der Waals surface area contributed by atoms with Crippen molar-refractivity contribution in [1.29, 1.82) is 0 Å². The minimum atomic E-state index is 0.590. The highest BCUT2D eigenvalue weighted by atomic mass is 14.9. The maximum Gasteiger partial charge on any atom is 0.0373 e. The van der Waals surface area contributed by atoms with Gasteiger partial charge in [-0.1, -0.05) is 19.3 Å². The molecule has 0 amide bonds. The van der Waals surface area contributed by atoms with Crippen molar-refractivity contribution >= 4 is 5.69 Å². The molecule has 1 aliphatic carbocycles. The lowest BCUT2D eigenvalue weighted by molar-refractivity contribution is 0.328. The molecular formula is C13H20N2. The average Bonchev–Trinajstić information content (AvgIpc) is 2.31. The Kier molecular flexibility index (Phi) is 3.59. The average molecular weight is 204 g/mol. The topological polar surface area (TPSA) is 24.9 Å². The van der Waals surface area contributed by atoms with Crippen LogP contribution in [0.1, 0.15) is 39.0 Å². The van der Waals surface area contributed by atoms with Gasteiger partial charge in [0.15, 0.2) is 0 Å². The summed E-state index contributed by atoms with van der Waals surface area (Å²) in [6.07, 6.45) is 10.7. The monoisotopic (exact) mass is 204 g/mol. The fourth-order valence-corrected chi connectivity index (χ4v) is 2.46. The summed E-state index contributed by atoms with van der Waals surface area (Å²) in [6, 6.07) is 4.67. The molecule has 1 atom stereocenters. The Hall–Kier alpha value is -1.05. The first-order valence-electron chi connectivity index (χ1n) is 6.03. The maximum atomic E-state index is 4.03. The summed E-state index contributed by atoms with van der Waals surface area (Å²) in [5, 5.41) is 3.57. The smallest absolute Gasteiger partial charge is 0.0373 e. The van der Waals surface area contributed by atoms with E-state index in [-0.39, 0.29) is 0 Å². The Bertz CT molecular complexity index is 278. The van der Waals surface area contributed by atoms with Gasteiger partial charge < -0.3 is 5.32 Å². The van der Waals surface area contributed by atoms with E-state index in [4.69, 9.17) is 0 Å². The summed E-state index contributed by atoms with van der Waals surface area (Å²) in [7, 11) is 0. The fourth-order valence-electron chi connectivity index (χ4n) is 2.46. The zero-order chi connectivity index (χ0) is 10.5. The van der Waals surface area contributed by atoms with Crippen molar-refractivity contribution in [2.45, 2.75) is 45.1 Å². The second-order valence-electron chi connectivity index (χ2n) is 4.57. The van der Waals surface area contributed by atoms with Gasteiger partial charge in [0.05, 0.1) is 0 Å². The van der Waals surface area contributed by atoms with Gasteiger partial charge in [0.2, 0.25) is 0 Å². The lowest BCUT2D eigenvalue weighted by Gasteiger charge is -2.28. The summed E-state index contributed by atoms with van der Waals surface area (Å²) in [6.45, 7) is 2.30. The van der Waals surface area contributed by atoms with E-state index in [1.165, 1.54) is 37.8 Å². The molecule has 1 N–H and O–H groups in total.